The Hall–Kier alpha value is -1.04. The lowest BCUT2D eigenvalue weighted by atomic mass is 9.60. The fourth-order valence-electron chi connectivity index (χ4n) is 6.40. The predicted molar refractivity (Wildman–Crippen MR) is 140 cm³/mol. The monoisotopic (exact) mass is 424 g/mol. The first-order chi connectivity index (χ1) is 14.4. The van der Waals surface area contributed by atoms with Gasteiger partial charge in [0, 0.05) is 10.8 Å². The molecule has 0 aromatic carbocycles. The van der Waals surface area contributed by atoms with Gasteiger partial charge in [-0.05, 0) is 60.7 Å². The number of fused-ring (bicyclic) bond motifs is 4. The normalized spacial score (nSPS) is 37.4. The number of allylic oxidation sites excluding steroid dienone is 8. The first-order valence-corrected chi connectivity index (χ1v) is 13.2. The molecule has 0 spiro atoms. The molecule has 4 aliphatic rings. The second-order valence-corrected chi connectivity index (χ2v) is 12.2. The molecule has 0 radical (unpaired) electrons. The molecule has 4 aliphatic carbocycles. The third-order valence-corrected chi connectivity index (χ3v) is 8.58. The van der Waals surface area contributed by atoms with Crippen LogP contribution in [0.1, 0.15) is 108 Å². The van der Waals surface area contributed by atoms with Gasteiger partial charge in [-0.2, -0.15) is 0 Å². The fraction of sp³-hybridized carbons (Fsp3) is 0.742. The van der Waals surface area contributed by atoms with Gasteiger partial charge in [-0.3, -0.25) is 0 Å². The Kier molecular flexibility index (Phi) is 7.99. The van der Waals surface area contributed by atoms with Crippen molar-refractivity contribution in [2.75, 3.05) is 0 Å². The van der Waals surface area contributed by atoms with E-state index >= 15 is 0 Å². The van der Waals surface area contributed by atoms with Crippen molar-refractivity contribution < 1.29 is 0 Å². The summed E-state index contributed by atoms with van der Waals surface area (Å²) in [5.41, 5.74) is 4.99. The van der Waals surface area contributed by atoms with E-state index in [-0.39, 0.29) is 0 Å². The second-order valence-electron chi connectivity index (χ2n) is 12.2. The van der Waals surface area contributed by atoms with Crippen molar-refractivity contribution in [2.45, 2.75) is 108 Å². The molecule has 4 rings (SSSR count). The number of hydrogen-bond acceptors (Lipinski definition) is 0. The third-order valence-electron chi connectivity index (χ3n) is 8.58. The topological polar surface area (TPSA) is 0 Å². The minimum absolute atomic E-state index is 0.349. The van der Waals surface area contributed by atoms with Crippen LogP contribution in [0.4, 0.5) is 0 Å². The maximum absolute atomic E-state index is 2.60. The van der Waals surface area contributed by atoms with E-state index in [9.17, 15) is 0 Å². The molecule has 0 fully saturated rings. The summed E-state index contributed by atoms with van der Waals surface area (Å²) in [6, 6.07) is 0. The lowest BCUT2D eigenvalue weighted by Gasteiger charge is -2.44. The largest absolute Gasteiger partial charge is 0.0814 e. The van der Waals surface area contributed by atoms with Gasteiger partial charge in [0.15, 0.2) is 0 Å². The highest BCUT2D eigenvalue weighted by molar-refractivity contribution is 5.34. The Bertz CT molecular complexity index is 742. The van der Waals surface area contributed by atoms with E-state index in [1.807, 2.05) is 13.8 Å². The molecule has 0 aromatic heterocycles. The molecule has 0 amide bonds. The first-order valence-electron chi connectivity index (χ1n) is 13.2. The van der Waals surface area contributed by atoms with Crippen LogP contribution in [-0.4, -0.2) is 0 Å². The van der Waals surface area contributed by atoms with Crippen LogP contribution in [0.5, 0.6) is 0 Å². The zero-order valence-electron chi connectivity index (χ0n) is 22.7. The highest BCUT2D eigenvalue weighted by Gasteiger charge is 2.49. The molecule has 0 heterocycles. The van der Waals surface area contributed by atoms with E-state index in [1.54, 1.807) is 11.1 Å². The summed E-state index contributed by atoms with van der Waals surface area (Å²) in [7, 11) is 0. The van der Waals surface area contributed by atoms with Gasteiger partial charge in [0.05, 0.1) is 0 Å². The number of hydrogen-bond donors (Lipinski definition) is 0. The molecule has 0 saturated carbocycles. The quantitative estimate of drug-likeness (QED) is 0.394. The summed E-state index contributed by atoms with van der Waals surface area (Å²) in [5.74, 6) is 2.17. The van der Waals surface area contributed by atoms with E-state index in [4.69, 9.17) is 0 Å². The van der Waals surface area contributed by atoms with Crippen LogP contribution in [0.15, 0.2) is 47.6 Å². The van der Waals surface area contributed by atoms with Crippen molar-refractivity contribution in [3.8, 4) is 0 Å². The van der Waals surface area contributed by atoms with Gasteiger partial charge >= 0.3 is 0 Å². The smallest absolute Gasteiger partial charge is 0.00953 e. The second kappa shape index (κ2) is 9.44. The molecule has 4 bridgehead atoms. The lowest BCUT2D eigenvalue weighted by Crippen LogP contribution is -2.35. The van der Waals surface area contributed by atoms with Gasteiger partial charge in [0.2, 0.25) is 0 Å². The van der Waals surface area contributed by atoms with Crippen LogP contribution < -0.4 is 0 Å². The van der Waals surface area contributed by atoms with Gasteiger partial charge in [-0.15, -0.1) is 0 Å². The summed E-state index contributed by atoms with van der Waals surface area (Å²) < 4.78 is 0. The molecule has 4 atom stereocenters. The SMILES string of the molecule is CC.CC(C)C1=CC2(C(C)C)C=CC(C(C)C)(C1)C2.CCC1=CC2(C)C=CC(C)(C1)C2. The van der Waals surface area contributed by atoms with Crippen LogP contribution in [-0.2, 0) is 0 Å². The Morgan fingerprint density at radius 3 is 1.90 bits per heavy atom. The molecular weight excluding hydrogens is 372 g/mol. The van der Waals surface area contributed by atoms with Crippen LogP contribution in [0.2, 0.25) is 0 Å². The van der Waals surface area contributed by atoms with E-state index < -0.39 is 0 Å². The molecule has 0 aliphatic heterocycles. The summed E-state index contributed by atoms with van der Waals surface area (Å²) in [5, 5.41) is 0. The Labute approximate surface area is 195 Å². The van der Waals surface area contributed by atoms with Gasteiger partial charge in [-0.1, -0.05) is 124 Å². The summed E-state index contributed by atoms with van der Waals surface area (Å²) in [4.78, 5) is 0. The van der Waals surface area contributed by atoms with Crippen molar-refractivity contribution in [2.24, 2.45) is 39.4 Å². The van der Waals surface area contributed by atoms with Crippen LogP contribution in [0, 0.1) is 39.4 Å². The highest BCUT2D eigenvalue weighted by atomic mass is 14.5. The van der Waals surface area contributed by atoms with Gasteiger partial charge < -0.3 is 0 Å². The van der Waals surface area contributed by atoms with E-state index in [0.29, 0.717) is 33.5 Å². The molecule has 0 saturated heterocycles. The molecule has 4 unspecified atom stereocenters. The minimum atomic E-state index is 0.349. The van der Waals surface area contributed by atoms with Crippen LogP contribution in [0.3, 0.4) is 0 Å². The van der Waals surface area contributed by atoms with Gasteiger partial charge in [-0.25, -0.2) is 0 Å². The lowest BCUT2D eigenvalue weighted by molar-refractivity contribution is 0.160. The summed E-state index contributed by atoms with van der Waals surface area (Å²) in [6.07, 6.45) is 21.4. The molecule has 176 valence electrons. The summed E-state index contributed by atoms with van der Waals surface area (Å²) in [6.45, 7) is 25.2. The van der Waals surface area contributed by atoms with Crippen molar-refractivity contribution in [1.82, 2.24) is 0 Å². The minimum Gasteiger partial charge on any atom is -0.0814 e. The van der Waals surface area contributed by atoms with Gasteiger partial charge in [0.1, 0.15) is 0 Å². The maximum atomic E-state index is 2.60. The Morgan fingerprint density at radius 2 is 1.42 bits per heavy atom. The molecule has 0 heteroatoms. The van der Waals surface area contributed by atoms with Crippen LogP contribution >= 0.6 is 0 Å². The average molecular weight is 425 g/mol. The number of rotatable bonds is 4. The molecule has 0 N–H and O–H groups in total. The van der Waals surface area contributed by atoms with Gasteiger partial charge in [0.25, 0.3) is 0 Å². The molecule has 31 heavy (non-hydrogen) atoms. The van der Waals surface area contributed by atoms with Crippen molar-refractivity contribution in [3.63, 3.8) is 0 Å². The average Bonchev–Trinajstić information content (AvgIpc) is 3.13. The maximum Gasteiger partial charge on any atom is 0.00953 e. The van der Waals surface area contributed by atoms with E-state index in [0.717, 1.165) is 5.92 Å². The highest BCUT2D eigenvalue weighted by Crippen LogP contribution is 2.59. The third kappa shape index (κ3) is 5.31. The molecular formula is C31H52. The van der Waals surface area contributed by atoms with Crippen molar-refractivity contribution >= 4 is 0 Å². The predicted octanol–water partition coefficient (Wildman–Crippen LogP) is 9.94. The van der Waals surface area contributed by atoms with Crippen molar-refractivity contribution in [1.29, 1.82) is 0 Å². The first kappa shape index (κ1) is 26.2. The zero-order valence-corrected chi connectivity index (χ0v) is 22.7. The van der Waals surface area contributed by atoms with Crippen LogP contribution in [0.25, 0.3) is 0 Å². The van der Waals surface area contributed by atoms with E-state index in [2.05, 4.69) is 98.8 Å². The van der Waals surface area contributed by atoms with Crippen molar-refractivity contribution in [3.05, 3.63) is 47.6 Å². The summed E-state index contributed by atoms with van der Waals surface area (Å²) >= 11 is 0. The fourth-order valence-corrected chi connectivity index (χ4v) is 6.40. The Morgan fingerprint density at radius 1 is 0.774 bits per heavy atom. The Balaban J connectivity index is 0.000000214. The van der Waals surface area contributed by atoms with E-state index in [1.165, 1.54) is 32.1 Å². The standard InChI is InChI=1S/C17H28.C12H18.C2H6/c1-12(2)15-9-16(13(3)4)7-8-17(10-15,11-16)14(5)6;1-4-10-7-11(2)5-6-12(3,8-10)9-11;1-2/h7-9,12-14H,10-11H2,1-6H3;5-7H,4,8-9H2,1-3H3;1-2H3. The molecule has 0 aromatic rings. The molecule has 0 nitrogen and oxygen atoms in total. The zero-order chi connectivity index (χ0) is 23.7.